The van der Waals surface area contributed by atoms with Crippen molar-refractivity contribution >= 4 is 35.0 Å². The fourth-order valence-corrected chi connectivity index (χ4v) is 3.31. The minimum absolute atomic E-state index is 0.222. The predicted molar refractivity (Wildman–Crippen MR) is 111 cm³/mol. The molecule has 0 spiro atoms. The maximum Gasteiger partial charge on any atom is 0.326 e. The molecule has 1 saturated carbocycles. The number of H-pyrrole nitrogens is 2. The van der Waals surface area contributed by atoms with Gasteiger partial charge in [-0.15, -0.1) is 0 Å². The number of aryl methyl sites for hydroxylation is 1. The zero-order chi connectivity index (χ0) is 20.8. The second kappa shape index (κ2) is 6.99. The van der Waals surface area contributed by atoms with E-state index in [9.17, 15) is 9.90 Å². The molecular weight excluding hydrogens is 408 g/mol. The first-order chi connectivity index (χ1) is 14.5. The van der Waals surface area contributed by atoms with Crippen LogP contribution in [0.2, 0.25) is 5.02 Å². The first-order valence-electron chi connectivity index (χ1n) is 9.32. The average molecular weight is 425 g/mol. The van der Waals surface area contributed by atoms with Crippen LogP contribution in [-0.2, 0) is 0 Å². The van der Waals surface area contributed by atoms with Crippen LogP contribution in [0.3, 0.4) is 0 Å². The van der Waals surface area contributed by atoms with Gasteiger partial charge in [0.1, 0.15) is 5.69 Å². The highest BCUT2D eigenvalue weighted by atomic mass is 35.5. The topological polar surface area (TPSA) is 136 Å². The van der Waals surface area contributed by atoms with Gasteiger partial charge in [0.15, 0.2) is 5.65 Å². The van der Waals surface area contributed by atoms with Crippen LogP contribution in [0.25, 0.3) is 11.7 Å². The third-order valence-corrected chi connectivity index (χ3v) is 5.03. The largest absolute Gasteiger partial charge is 0.493 e. The van der Waals surface area contributed by atoms with Crippen LogP contribution in [0, 0.1) is 6.92 Å². The maximum atomic E-state index is 11.4. The number of hydrogen-bond acceptors (Lipinski definition) is 7. The van der Waals surface area contributed by atoms with Crippen molar-refractivity contribution in [3.8, 4) is 5.88 Å². The smallest absolute Gasteiger partial charge is 0.326 e. The number of nitrogens with zero attached hydrogens (tertiary/aromatic N) is 5. The molecule has 0 amide bonds. The van der Waals surface area contributed by atoms with Gasteiger partial charge in [-0.05, 0) is 37.5 Å². The summed E-state index contributed by atoms with van der Waals surface area (Å²) in [6, 6.07) is 5.81. The molecule has 1 aromatic carbocycles. The molecule has 0 bridgehead atoms. The molecule has 0 unspecified atom stereocenters. The average Bonchev–Trinajstić information content (AvgIpc) is 3.34. The lowest BCUT2D eigenvalue weighted by molar-refractivity contribution is 0.454. The van der Waals surface area contributed by atoms with Crippen LogP contribution >= 0.6 is 11.6 Å². The van der Waals surface area contributed by atoms with E-state index in [4.69, 9.17) is 11.6 Å². The third kappa shape index (κ3) is 3.41. The van der Waals surface area contributed by atoms with E-state index in [1.807, 2.05) is 19.1 Å². The number of nitrogens with one attached hydrogen (secondary N) is 3. The second-order valence-corrected chi connectivity index (χ2v) is 7.49. The Kier molecular flexibility index (Phi) is 4.28. The fraction of sp³-hybridized carbons (Fsp3) is 0.211. The highest BCUT2D eigenvalue weighted by molar-refractivity contribution is 6.33. The Hall–Kier alpha value is -3.66. The molecule has 0 aliphatic heterocycles. The summed E-state index contributed by atoms with van der Waals surface area (Å²) in [5.41, 5.74) is 2.26. The van der Waals surface area contributed by atoms with Crippen molar-refractivity contribution in [1.29, 1.82) is 0 Å². The van der Waals surface area contributed by atoms with E-state index in [-0.39, 0.29) is 17.6 Å². The number of aromatic nitrogens is 6. The summed E-state index contributed by atoms with van der Waals surface area (Å²) in [6.45, 7) is 1.94. The van der Waals surface area contributed by atoms with Crippen LogP contribution < -0.4 is 21.8 Å². The molecule has 11 heteroatoms. The number of aromatic hydroxyl groups is 1. The number of halogens is 1. The monoisotopic (exact) mass is 424 g/mol. The highest BCUT2D eigenvalue weighted by Crippen LogP contribution is 2.27. The number of para-hydroxylation sites is 1. The van der Waals surface area contributed by atoms with Gasteiger partial charge in [0.2, 0.25) is 11.8 Å². The Balaban J connectivity index is 1.71. The molecule has 0 radical (unpaired) electrons. The predicted octanol–water partition coefficient (Wildman–Crippen LogP) is 1.16. The first-order valence-corrected chi connectivity index (χ1v) is 9.70. The van der Waals surface area contributed by atoms with Crippen molar-refractivity contribution in [2.24, 2.45) is 4.99 Å². The number of fused-ring (bicyclic) bond motifs is 1. The summed E-state index contributed by atoms with van der Waals surface area (Å²) in [4.78, 5) is 30.0. The Labute approximate surface area is 174 Å². The Morgan fingerprint density at radius 1 is 1.33 bits per heavy atom. The summed E-state index contributed by atoms with van der Waals surface area (Å²) < 4.78 is 1.54. The Morgan fingerprint density at radius 2 is 2.17 bits per heavy atom. The fourth-order valence-electron chi connectivity index (χ4n) is 3.04. The van der Waals surface area contributed by atoms with Crippen LogP contribution in [0.1, 0.15) is 24.1 Å². The molecule has 10 nitrogen and oxygen atoms in total. The minimum atomic E-state index is -0.508. The first kappa shape index (κ1) is 18.4. The van der Waals surface area contributed by atoms with Crippen molar-refractivity contribution in [2.75, 3.05) is 5.32 Å². The Morgan fingerprint density at radius 3 is 2.87 bits per heavy atom. The van der Waals surface area contributed by atoms with E-state index in [2.05, 4.69) is 35.3 Å². The van der Waals surface area contributed by atoms with E-state index < -0.39 is 5.69 Å². The SMILES string of the molecule is Cc1cccc(Cl)c1Nc1nc(=NC2CC2)n2ncc(=Cc3[nH]c(=O)[nH]c3O)c2n1. The summed E-state index contributed by atoms with van der Waals surface area (Å²) in [7, 11) is 0. The van der Waals surface area contributed by atoms with Crippen molar-refractivity contribution in [1.82, 2.24) is 29.5 Å². The molecular formula is C19H17ClN8O2. The minimum Gasteiger partial charge on any atom is -0.493 e. The zero-order valence-corrected chi connectivity index (χ0v) is 16.6. The van der Waals surface area contributed by atoms with Gasteiger partial charge in [0.25, 0.3) is 5.62 Å². The van der Waals surface area contributed by atoms with Gasteiger partial charge < -0.3 is 15.4 Å². The van der Waals surface area contributed by atoms with Crippen molar-refractivity contribution in [3.63, 3.8) is 0 Å². The molecule has 30 heavy (non-hydrogen) atoms. The molecule has 1 aliphatic rings. The molecule has 4 aromatic rings. The lowest BCUT2D eigenvalue weighted by Crippen LogP contribution is -2.24. The number of benzene rings is 1. The standard InChI is InChI=1S/C19H17ClN8O2/c1-9-3-2-4-12(20)14(9)24-17-25-15-10(7-13-16(29)26-19(30)23-13)8-21-28(15)18(27-17)22-11-5-6-11/h2-4,7-8,11,29H,5-6H2,1H3,(H,22,24,27)(H2,23,26,30). The quantitative estimate of drug-likeness (QED) is 0.388. The van der Waals surface area contributed by atoms with Gasteiger partial charge in [0.05, 0.1) is 22.9 Å². The lowest BCUT2D eigenvalue weighted by atomic mass is 10.2. The molecule has 1 aliphatic carbocycles. The normalized spacial score (nSPS) is 15.3. The van der Waals surface area contributed by atoms with Gasteiger partial charge in [-0.2, -0.15) is 19.6 Å². The van der Waals surface area contributed by atoms with Crippen LogP contribution in [0.5, 0.6) is 5.88 Å². The second-order valence-electron chi connectivity index (χ2n) is 7.09. The van der Waals surface area contributed by atoms with Crippen molar-refractivity contribution in [2.45, 2.75) is 25.8 Å². The van der Waals surface area contributed by atoms with E-state index >= 15 is 0 Å². The van der Waals surface area contributed by atoms with Crippen LogP contribution in [0.15, 0.2) is 34.2 Å². The van der Waals surface area contributed by atoms with E-state index in [1.54, 1.807) is 18.3 Å². The Bertz CT molecular complexity index is 1430. The van der Waals surface area contributed by atoms with Gasteiger partial charge in [-0.25, -0.2) is 9.79 Å². The highest BCUT2D eigenvalue weighted by Gasteiger charge is 2.21. The molecule has 3 aromatic heterocycles. The van der Waals surface area contributed by atoms with Gasteiger partial charge in [0, 0.05) is 5.22 Å². The van der Waals surface area contributed by atoms with Crippen molar-refractivity contribution in [3.05, 3.63) is 62.0 Å². The van der Waals surface area contributed by atoms with Gasteiger partial charge >= 0.3 is 5.69 Å². The molecule has 152 valence electrons. The van der Waals surface area contributed by atoms with Gasteiger partial charge in [-0.1, -0.05) is 23.7 Å². The molecule has 0 saturated heterocycles. The number of aromatic amines is 2. The van der Waals surface area contributed by atoms with Crippen LogP contribution in [-0.4, -0.2) is 40.7 Å². The summed E-state index contributed by atoms with van der Waals surface area (Å²) in [5, 5.41) is 18.5. The molecule has 4 N–H and O–H groups in total. The lowest BCUT2D eigenvalue weighted by Gasteiger charge is -2.10. The van der Waals surface area contributed by atoms with Gasteiger partial charge in [-0.3, -0.25) is 4.98 Å². The number of imidazole rings is 1. The molecule has 3 heterocycles. The number of rotatable bonds is 4. The zero-order valence-electron chi connectivity index (χ0n) is 15.8. The number of anilines is 2. The summed E-state index contributed by atoms with van der Waals surface area (Å²) in [5.74, 6) is 0.0568. The summed E-state index contributed by atoms with van der Waals surface area (Å²) >= 11 is 6.34. The molecule has 1 fully saturated rings. The van der Waals surface area contributed by atoms with Crippen LogP contribution in [0.4, 0.5) is 11.6 Å². The van der Waals surface area contributed by atoms with E-state index in [0.29, 0.717) is 33.1 Å². The van der Waals surface area contributed by atoms with E-state index in [1.165, 1.54) is 4.52 Å². The molecule has 0 atom stereocenters. The number of hydrogen-bond donors (Lipinski definition) is 4. The third-order valence-electron chi connectivity index (χ3n) is 4.72. The summed E-state index contributed by atoms with van der Waals surface area (Å²) in [6.07, 6.45) is 5.17. The maximum absolute atomic E-state index is 11.4. The molecule has 5 rings (SSSR count). The van der Waals surface area contributed by atoms with Crippen molar-refractivity contribution < 1.29 is 5.11 Å². The van der Waals surface area contributed by atoms with E-state index in [0.717, 1.165) is 18.4 Å².